The summed E-state index contributed by atoms with van der Waals surface area (Å²) >= 11 is 0. The zero-order valence-corrected chi connectivity index (χ0v) is 12.5. The highest BCUT2D eigenvalue weighted by Gasteiger charge is 2.15. The van der Waals surface area contributed by atoms with Crippen LogP contribution in [0.5, 0.6) is 0 Å². The molecule has 3 rings (SSSR count). The van der Waals surface area contributed by atoms with Gasteiger partial charge in [0.1, 0.15) is 17.2 Å². The van der Waals surface area contributed by atoms with Crippen LogP contribution in [0.3, 0.4) is 0 Å². The van der Waals surface area contributed by atoms with Gasteiger partial charge in [0.15, 0.2) is 0 Å². The Morgan fingerprint density at radius 3 is 2.45 bits per heavy atom. The van der Waals surface area contributed by atoms with Gasteiger partial charge in [-0.2, -0.15) is 5.10 Å². The van der Waals surface area contributed by atoms with E-state index in [0.29, 0.717) is 0 Å². The molecule has 0 aromatic rings. The van der Waals surface area contributed by atoms with E-state index in [0.717, 1.165) is 29.7 Å². The van der Waals surface area contributed by atoms with Gasteiger partial charge < -0.3 is 5.73 Å². The lowest BCUT2D eigenvalue weighted by Crippen LogP contribution is -2.13. The fraction of sp³-hybridized carbons (Fsp3) is 0.667. The topological polar surface area (TPSA) is 69.6 Å². The zero-order valence-electron chi connectivity index (χ0n) is 12.5. The van der Waals surface area contributed by atoms with E-state index in [4.69, 9.17) is 0 Å². The molecule has 0 radical (unpaired) electrons. The van der Waals surface area contributed by atoms with Crippen molar-refractivity contribution in [2.75, 3.05) is 7.05 Å². The van der Waals surface area contributed by atoms with Crippen molar-refractivity contribution in [2.24, 2.45) is 11.7 Å². The van der Waals surface area contributed by atoms with Crippen LogP contribution < -0.4 is 5.73 Å². The number of aryl methyl sites for hydroxylation is 1. The summed E-state index contributed by atoms with van der Waals surface area (Å²) < 4.78 is 2.05. The zero-order chi connectivity index (χ0) is 14.4. The minimum absolute atomic E-state index is 0.784. The molecule has 2 N–H and O–H groups in total. The molecule has 0 saturated heterocycles. The average molecular weight is 275 g/mol. The summed E-state index contributed by atoms with van der Waals surface area (Å²) in [5, 5.41) is 4.46. The highest BCUT2D eigenvalue weighted by molar-refractivity contribution is 5.53. The molecule has 5 heteroatoms. The fourth-order valence-electron chi connectivity index (χ4n) is 2.89. The van der Waals surface area contributed by atoms with Crippen molar-refractivity contribution in [3.8, 4) is 11.4 Å². The lowest BCUT2D eigenvalue weighted by molar-refractivity contribution is 0.372. The first-order valence-electron chi connectivity index (χ1n) is 7.56. The molecular weight excluding hydrogens is 250 g/mol. The SMILES string of the molecule is CN.Cc1nc2cnn(CC3CCCCCC3)cc-2n1. The number of rotatable bonds is 2. The van der Waals surface area contributed by atoms with Gasteiger partial charge in [-0.3, -0.25) is 4.68 Å². The van der Waals surface area contributed by atoms with Gasteiger partial charge in [-0.25, -0.2) is 9.97 Å². The van der Waals surface area contributed by atoms with E-state index in [9.17, 15) is 0 Å². The second-order valence-electron chi connectivity index (χ2n) is 5.39. The van der Waals surface area contributed by atoms with Gasteiger partial charge >= 0.3 is 0 Å². The number of nitrogens with zero attached hydrogens (tertiary/aromatic N) is 4. The van der Waals surface area contributed by atoms with Crippen molar-refractivity contribution in [3.05, 3.63) is 18.2 Å². The van der Waals surface area contributed by atoms with Gasteiger partial charge in [0.2, 0.25) is 0 Å². The molecule has 0 atom stereocenters. The molecule has 1 saturated carbocycles. The normalized spacial score (nSPS) is 16.6. The van der Waals surface area contributed by atoms with Crippen molar-refractivity contribution in [2.45, 2.75) is 52.0 Å². The van der Waals surface area contributed by atoms with Crippen LogP contribution in [0, 0.1) is 12.8 Å². The third kappa shape index (κ3) is 3.76. The molecule has 0 aromatic carbocycles. The van der Waals surface area contributed by atoms with Gasteiger partial charge in [0, 0.05) is 6.54 Å². The van der Waals surface area contributed by atoms with Crippen LogP contribution >= 0.6 is 0 Å². The highest BCUT2D eigenvalue weighted by atomic mass is 15.3. The molecule has 3 aliphatic rings. The Bertz CT molecular complexity index is 485. The minimum Gasteiger partial charge on any atom is -0.333 e. The van der Waals surface area contributed by atoms with E-state index in [2.05, 4.69) is 20.8 Å². The van der Waals surface area contributed by atoms with Gasteiger partial charge in [0.05, 0.1) is 12.4 Å². The maximum Gasteiger partial charge on any atom is 0.126 e. The quantitative estimate of drug-likeness (QED) is 0.855. The molecule has 1 aliphatic carbocycles. The smallest absolute Gasteiger partial charge is 0.126 e. The number of imidazole rings is 1. The highest BCUT2D eigenvalue weighted by Crippen LogP contribution is 2.24. The molecule has 0 aromatic heterocycles. The molecule has 1 fully saturated rings. The van der Waals surface area contributed by atoms with Gasteiger partial charge in [-0.1, -0.05) is 25.7 Å². The Labute approximate surface area is 121 Å². The molecule has 0 bridgehead atoms. The minimum atomic E-state index is 0.784. The second-order valence-corrected chi connectivity index (χ2v) is 5.39. The summed E-state index contributed by atoms with van der Waals surface area (Å²) in [5.74, 6) is 1.62. The van der Waals surface area contributed by atoms with E-state index >= 15 is 0 Å². The third-order valence-corrected chi connectivity index (χ3v) is 3.85. The van der Waals surface area contributed by atoms with E-state index < -0.39 is 0 Å². The summed E-state index contributed by atoms with van der Waals surface area (Å²) in [4.78, 5) is 8.74. The molecule has 5 nitrogen and oxygen atoms in total. The van der Waals surface area contributed by atoms with Gasteiger partial charge in [0.25, 0.3) is 0 Å². The predicted molar refractivity (Wildman–Crippen MR) is 80.5 cm³/mol. The maximum atomic E-state index is 4.50. The molecule has 0 spiro atoms. The summed E-state index contributed by atoms with van der Waals surface area (Å²) in [5.41, 5.74) is 6.38. The van der Waals surface area contributed by atoms with Crippen molar-refractivity contribution >= 4 is 0 Å². The van der Waals surface area contributed by atoms with E-state index in [1.165, 1.54) is 45.6 Å². The summed E-state index contributed by atoms with van der Waals surface area (Å²) in [6.45, 7) is 2.96. The Kier molecular flexibility index (Phi) is 5.47. The summed E-state index contributed by atoms with van der Waals surface area (Å²) in [6, 6.07) is 0. The fourth-order valence-corrected chi connectivity index (χ4v) is 2.89. The van der Waals surface area contributed by atoms with Gasteiger partial charge in [-0.15, -0.1) is 0 Å². The Morgan fingerprint density at radius 1 is 1.10 bits per heavy atom. The standard InChI is InChI=1S/C14H20N4.CH5N/c1-11-16-13-8-15-18(10-14(13)17-11)9-12-6-4-2-3-5-7-12;1-2/h8,10,12H,2-7,9H2,1H3;2H2,1H3. The maximum absolute atomic E-state index is 4.50. The van der Waals surface area contributed by atoms with Crippen molar-refractivity contribution in [3.63, 3.8) is 0 Å². The average Bonchev–Trinajstić information content (AvgIpc) is 2.66. The van der Waals surface area contributed by atoms with Crippen LogP contribution in [-0.2, 0) is 6.54 Å². The second kappa shape index (κ2) is 7.33. The van der Waals surface area contributed by atoms with E-state index in [1.807, 2.05) is 24.0 Å². The molecule has 2 heterocycles. The van der Waals surface area contributed by atoms with Crippen molar-refractivity contribution in [1.29, 1.82) is 0 Å². The van der Waals surface area contributed by atoms with Crippen LogP contribution in [0.1, 0.15) is 44.3 Å². The van der Waals surface area contributed by atoms with E-state index in [-0.39, 0.29) is 0 Å². The van der Waals surface area contributed by atoms with Crippen LogP contribution in [0.25, 0.3) is 11.4 Å². The van der Waals surface area contributed by atoms with Crippen molar-refractivity contribution in [1.82, 2.24) is 19.7 Å². The number of hydrogen-bond donors (Lipinski definition) is 1. The van der Waals surface area contributed by atoms with E-state index in [1.54, 1.807) is 0 Å². The number of aromatic nitrogens is 4. The first-order chi connectivity index (χ1) is 9.81. The molecule has 110 valence electrons. The Hall–Kier alpha value is -1.49. The lowest BCUT2D eigenvalue weighted by Gasteiger charge is -2.15. The van der Waals surface area contributed by atoms with Crippen molar-refractivity contribution < 1.29 is 0 Å². The first-order valence-corrected chi connectivity index (χ1v) is 7.56. The number of fused-ring (bicyclic) bond motifs is 1. The molecular formula is C15H25N5. The molecule has 0 unspecified atom stereocenters. The molecule has 2 aliphatic heterocycles. The Balaban J connectivity index is 0.000000704. The predicted octanol–water partition coefficient (Wildman–Crippen LogP) is 2.63. The van der Waals surface area contributed by atoms with Gasteiger partial charge in [-0.05, 0) is 32.7 Å². The van der Waals surface area contributed by atoms with Crippen LogP contribution in [0.15, 0.2) is 12.4 Å². The Morgan fingerprint density at radius 2 is 1.75 bits per heavy atom. The number of hydrogen-bond acceptors (Lipinski definition) is 4. The number of nitrogens with two attached hydrogens (primary N) is 1. The van der Waals surface area contributed by atoms with Crippen LogP contribution in [-0.4, -0.2) is 26.8 Å². The van der Waals surface area contributed by atoms with Crippen LogP contribution in [0.4, 0.5) is 0 Å². The third-order valence-electron chi connectivity index (χ3n) is 3.85. The monoisotopic (exact) mass is 275 g/mol. The summed E-state index contributed by atoms with van der Waals surface area (Å²) in [7, 11) is 1.50. The molecule has 20 heavy (non-hydrogen) atoms. The van der Waals surface area contributed by atoms with Crippen LogP contribution in [0.2, 0.25) is 0 Å². The molecule has 0 amide bonds. The summed E-state index contributed by atoms with van der Waals surface area (Å²) in [6.07, 6.45) is 12.1. The lowest BCUT2D eigenvalue weighted by atomic mass is 10.0. The first kappa shape index (κ1) is 14.9. The largest absolute Gasteiger partial charge is 0.333 e.